The molecule has 0 amide bonds. The molecule has 0 N–H and O–H groups in total. The van der Waals surface area contributed by atoms with Gasteiger partial charge in [0.15, 0.2) is 6.61 Å². The number of ether oxygens (including phenoxy) is 1. The highest BCUT2D eigenvalue weighted by atomic mass is 19.1. The zero-order valence-electron chi connectivity index (χ0n) is 5.67. The smallest absolute Gasteiger partial charge is 0.174 e. The topological polar surface area (TPSA) is 33.0 Å². The van der Waals surface area contributed by atoms with E-state index in [0.29, 0.717) is 0 Å². The van der Waals surface area contributed by atoms with Crippen LogP contribution in [0.15, 0.2) is 18.2 Å². The van der Waals surface area contributed by atoms with Crippen molar-refractivity contribution >= 4 is 0 Å². The number of rotatable bonds is 2. The summed E-state index contributed by atoms with van der Waals surface area (Å²) in [6.45, 7) is -0.0834. The van der Waals surface area contributed by atoms with E-state index >= 15 is 0 Å². The summed E-state index contributed by atoms with van der Waals surface area (Å²) < 4.78 is 17.2. The minimum atomic E-state index is -0.486. The minimum absolute atomic E-state index is 0.0834. The van der Waals surface area contributed by atoms with E-state index in [9.17, 15) is 4.39 Å². The molecule has 0 spiro atoms. The Labute approximate surface area is 63.8 Å². The van der Waals surface area contributed by atoms with Gasteiger partial charge in [0.05, 0.1) is 6.07 Å². The van der Waals surface area contributed by atoms with Crippen molar-refractivity contribution in [1.82, 2.24) is 0 Å². The third kappa shape index (κ3) is 2.26. The fourth-order valence-corrected chi connectivity index (χ4v) is 0.615. The number of nitriles is 1. The summed E-state index contributed by atoms with van der Waals surface area (Å²) in [5.74, 6) is -0.230. The summed E-state index contributed by atoms with van der Waals surface area (Å²) in [6, 6.07) is 8.38. The van der Waals surface area contributed by atoms with Crippen LogP contribution in [0.25, 0.3) is 0 Å². The third-order valence-electron chi connectivity index (χ3n) is 1.02. The molecule has 1 radical (unpaired) electrons. The third-order valence-corrected chi connectivity index (χ3v) is 1.02. The molecule has 11 heavy (non-hydrogen) atoms. The molecule has 0 aliphatic rings. The van der Waals surface area contributed by atoms with Crippen LogP contribution >= 0.6 is 0 Å². The molecule has 0 saturated heterocycles. The normalized spacial score (nSPS) is 8.73. The van der Waals surface area contributed by atoms with Gasteiger partial charge in [-0.15, -0.1) is 0 Å². The van der Waals surface area contributed by atoms with E-state index in [4.69, 9.17) is 10.00 Å². The largest absolute Gasteiger partial charge is 0.478 e. The molecule has 0 aromatic heterocycles. The lowest BCUT2D eigenvalue weighted by molar-refractivity contribution is 0.364. The van der Waals surface area contributed by atoms with Crippen molar-refractivity contribution in [3.63, 3.8) is 0 Å². The van der Waals surface area contributed by atoms with E-state index in [0.717, 1.165) is 0 Å². The van der Waals surface area contributed by atoms with Crippen molar-refractivity contribution in [2.45, 2.75) is 0 Å². The van der Waals surface area contributed by atoms with E-state index in [1.807, 2.05) is 0 Å². The predicted molar refractivity (Wildman–Crippen MR) is 36.3 cm³/mol. The van der Waals surface area contributed by atoms with Crippen molar-refractivity contribution in [3.05, 3.63) is 30.1 Å². The molecular weight excluding hydrogens is 145 g/mol. The van der Waals surface area contributed by atoms with Gasteiger partial charge in [-0.05, 0) is 12.1 Å². The van der Waals surface area contributed by atoms with Gasteiger partial charge in [-0.1, -0.05) is 6.07 Å². The SMILES string of the molecule is N#CCOc1[c]c(F)ccc1. The first-order chi connectivity index (χ1) is 5.33. The van der Waals surface area contributed by atoms with Crippen molar-refractivity contribution in [1.29, 1.82) is 5.26 Å². The van der Waals surface area contributed by atoms with Gasteiger partial charge in [0.2, 0.25) is 0 Å². The highest BCUT2D eigenvalue weighted by molar-refractivity contribution is 5.20. The first-order valence-electron chi connectivity index (χ1n) is 3.00. The van der Waals surface area contributed by atoms with E-state index in [-0.39, 0.29) is 12.4 Å². The molecule has 1 aromatic rings. The lowest BCUT2D eigenvalue weighted by Crippen LogP contribution is -1.93. The predicted octanol–water partition coefficient (Wildman–Crippen LogP) is 1.53. The van der Waals surface area contributed by atoms with Crippen LogP contribution in [-0.4, -0.2) is 6.61 Å². The molecule has 3 heteroatoms. The van der Waals surface area contributed by atoms with Crippen LogP contribution in [0.1, 0.15) is 0 Å². The lowest BCUT2D eigenvalue weighted by atomic mass is 10.3. The molecule has 0 aliphatic heterocycles. The van der Waals surface area contributed by atoms with Crippen molar-refractivity contribution in [2.75, 3.05) is 6.61 Å². The van der Waals surface area contributed by atoms with Gasteiger partial charge in [0.25, 0.3) is 0 Å². The maximum atomic E-state index is 12.4. The van der Waals surface area contributed by atoms with Crippen LogP contribution in [-0.2, 0) is 0 Å². The van der Waals surface area contributed by atoms with Crippen molar-refractivity contribution < 1.29 is 9.13 Å². The first kappa shape index (κ1) is 7.55. The molecule has 0 atom stereocenters. The van der Waals surface area contributed by atoms with Crippen LogP contribution in [0, 0.1) is 23.2 Å². The van der Waals surface area contributed by atoms with Gasteiger partial charge in [-0.3, -0.25) is 0 Å². The maximum Gasteiger partial charge on any atom is 0.174 e. The van der Waals surface area contributed by atoms with Crippen molar-refractivity contribution in [3.8, 4) is 11.8 Å². The van der Waals surface area contributed by atoms with Gasteiger partial charge in [-0.2, -0.15) is 5.26 Å². The fourth-order valence-electron chi connectivity index (χ4n) is 0.615. The Hall–Kier alpha value is -1.56. The average Bonchev–Trinajstić information content (AvgIpc) is 2.01. The molecule has 0 heterocycles. The Morgan fingerprint density at radius 2 is 2.45 bits per heavy atom. The van der Waals surface area contributed by atoms with E-state index in [2.05, 4.69) is 6.07 Å². The zero-order valence-corrected chi connectivity index (χ0v) is 5.67. The zero-order chi connectivity index (χ0) is 8.10. The summed E-state index contributed by atoms with van der Waals surface area (Å²) >= 11 is 0. The van der Waals surface area contributed by atoms with Gasteiger partial charge >= 0.3 is 0 Å². The van der Waals surface area contributed by atoms with Crippen LogP contribution < -0.4 is 4.74 Å². The van der Waals surface area contributed by atoms with Crippen molar-refractivity contribution in [2.24, 2.45) is 0 Å². The van der Waals surface area contributed by atoms with Crippen LogP contribution in [0.3, 0.4) is 0 Å². The number of benzene rings is 1. The van der Waals surface area contributed by atoms with E-state index in [1.54, 1.807) is 12.1 Å². The van der Waals surface area contributed by atoms with Crippen LogP contribution in [0.4, 0.5) is 4.39 Å². The Bertz CT molecular complexity index is 280. The molecule has 0 saturated carbocycles. The van der Waals surface area contributed by atoms with Gasteiger partial charge in [0.1, 0.15) is 17.6 Å². The molecule has 1 aromatic carbocycles. The number of nitrogens with zero attached hydrogens (tertiary/aromatic N) is 1. The molecule has 0 fully saturated rings. The summed E-state index contributed by atoms with van der Waals surface area (Å²) in [4.78, 5) is 0. The second-order valence-corrected chi connectivity index (χ2v) is 1.81. The molecule has 1 rings (SSSR count). The summed E-state index contributed by atoms with van der Waals surface area (Å²) in [7, 11) is 0. The summed E-state index contributed by atoms with van der Waals surface area (Å²) in [6.07, 6.45) is 0. The summed E-state index contributed by atoms with van der Waals surface area (Å²) in [5.41, 5.74) is 0. The standard InChI is InChI=1S/C8H5FNO/c9-7-2-1-3-8(6-7)11-5-4-10/h1-3H,5H2. The summed E-state index contributed by atoms with van der Waals surface area (Å²) in [5, 5.41) is 8.11. The Morgan fingerprint density at radius 3 is 3.09 bits per heavy atom. The number of halogens is 1. The molecule has 0 bridgehead atoms. The van der Waals surface area contributed by atoms with Gasteiger partial charge in [-0.25, -0.2) is 4.39 Å². The second-order valence-electron chi connectivity index (χ2n) is 1.81. The van der Waals surface area contributed by atoms with E-state index in [1.165, 1.54) is 12.1 Å². The molecule has 0 unspecified atom stereocenters. The monoisotopic (exact) mass is 150 g/mol. The Balaban J connectivity index is 2.65. The van der Waals surface area contributed by atoms with Gasteiger partial charge < -0.3 is 4.74 Å². The molecule has 2 nitrogen and oxygen atoms in total. The maximum absolute atomic E-state index is 12.4. The quantitative estimate of drug-likeness (QED) is 0.640. The van der Waals surface area contributed by atoms with E-state index < -0.39 is 5.82 Å². The minimum Gasteiger partial charge on any atom is -0.478 e. The molecule has 0 aliphatic carbocycles. The van der Waals surface area contributed by atoms with Crippen LogP contribution in [0.2, 0.25) is 0 Å². The second kappa shape index (κ2) is 3.57. The van der Waals surface area contributed by atoms with Gasteiger partial charge in [0, 0.05) is 0 Å². The Morgan fingerprint density at radius 1 is 1.64 bits per heavy atom. The Kier molecular flexibility index (Phi) is 2.45. The highest BCUT2D eigenvalue weighted by Crippen LogP contribution is 2.09. The fraction of sp³-hybridized carbons (Fsp3) is 0.125. The highest BCUT2D eigenvalue weighted by Gasteiger charge is 1.94. The first-order valence-corrected chi connectivity index (χ1v) is 3.00. The lowest BCUT2D eigenvalue weighted by Gasteiger charge is -1.98. The molecule has 55 valence electrons. The number of hydrogen-bond acceptors (Lipinski definition) is 2. The van der Waals surface area contributed by atoms with Crippen LogP contribution in [0.5, 0.6) is 5.75 Å². The number of hydrogen-bond donors (Lipinski definition) is 0. The molecular formula is C8H5FNO. The average molecular weight is 150 g/mol.